The van der Waals surface area contributed by atoms with Crippen molar-refractivity contribution in [2.45, 2.75) is 51.6 Å². The van der Waals surface area contributed by atoms with Crippen molar-refractivity contribution in [3.63, 3.8) is 0 Å². The molecule has 2 aliphatic rings. The van der Waals surface area contributed by atoms with Crippen LogP contribution >= 0.6 is 0 Å². The first-order valence-electron chi connectivity index (χ1n) is 7.06. The summed E-state index contributed by atoms with van der Waals surface area (Å²) < 4.78 is 5.82. The predicted octanol–water partition coefficient (Wildman–Crippen LogP) is 2.43. The molecule has 2 N–H and O–H groups in total. The highest BCUT2D eigenvalue weighted by Crippen LogP contribution is 2.42. The van der Waals surface area contributed by atoms with Crippen molar-refractivity contribution >= 4 is 5.82 Å². The second-order valence-corrected chi connectivity index (χ2v) is 5.31. The van der Waals surface area contributed by atoms with Crippen LogP contribution in [0.4, 0.5) is 5.82 Å². The molecule has 1 aromatic rings. The van der Waals surface area contributed by atoms with Crippen molar-refractivity contribution in [3.8, 4) is 0 Å². The molecule has 98 valence electrons. The molecular weight excluding hydrogens is 226 g/mol. The van der Waals surface area contributed by atoms with Crippen LogP contribution in [-0.4, -0.2) is 16.6 Å². The summed E-state index contributed by atoms with van der Waals surface area (Å²) in [5, 5.41) is 0. The van der Waals surface area contributed by atoms with Crippen LogP contribution in [0.5, 0.6) is 0 Å². The Labute approximate surface area is 108 Å². The zero-order valence-electron chi connectivity index (χ0n) is 11.0. The van der Waals surface area contributed by atoms with E-state index in [1.165, 1.54) is 31.2 Å². The van der Waals surface area contributed by atoms with Crippen molar-refractivity contribution in [1.29, 1.82) is 0 Å². The van der Waals surface area contributed by atoms with E-state index in [0.717, 1.165) is 24.4 Å². The average Bonchev–Trinajstić information content (AvgIpc) is 3.20. The van der Waals surface area contributed by atoms with E-state index < -0.39 is 0 Å². The third-order valence-corrected chi connectivity index (χ3v) is 3.88. The number of ether oxygens (including phenoxy) is 1. The second kappa shape index (κ2) is 4.84. The Balaban J connectivity index is 1.93. The smallest absolute Gasteiger partial charge is 0.160 e. The summed E-state index contributed by atoms with van der Waals surface area (Å²) in [6.07, 6.45) is 7.01. The molecule has 0 aliphatic heterocycles. The van der Waals surface area contributed by atoms with E-state index in [9.17, 15) is 0 Å². The van der Waals surface area contributed by atoms with Crippen molar-refractivity contribution < 1.29 is 4.74 Å². The number of anilines is 1. The largest absolute Gasteiger partial charge is 0.383 e. The van der Waals surface area contributed by atoms with Gasteiger partial charge in [0.1, 0.15) is 11.9 Å². The molecule has 18 heavy (non-hydrogen) atoms. The molecule has 4 nitrogen and oxygen atoms in total. The highest BCUT2D eigenvalue weighted by Gasteiger charge is 2.35. The van der Waals surface area contributed by atoms with Gasteiger partial charge in [-0.25, -0.2) is 9.97 Å². The standard InChI is InChI=1S/C14H21N3O/c1-2-18-12(9-7-8-9)14-16-11-6-4-3-5-10(11)13(15)17-14/h9,12H,2-8H2,1H3,(H2,15,16,17). The van der Waals surface area contributed by atoms with E-state index >= 15 is 0 Å². The Morgan fingerprint density at radius 3 is 2.78 bits per heavy atom. The fourth-order valence-electron chi connectivity index (χ4n) is 2.77. The number of fused-ring (bicyclic) bond motifs is 1. The fourth-order valence-corrected chi connectivity index (χ4v) is 2.77. The normalized spacial score (nSPS) is 20.5. The molecule has 1 unspecified atom stereocenters. The van der Waals surface area contributed by atoms with E-state index in [2.05, 4.69) is 4.98 Å². The molecule has 1 saturated carbocycles. The van der Waals surface area contributed by atoms with Crippen molar-refractivity contribution in [1.82, 2.24) is 9.97 Å². The zero-order valence-corrected chi connectivity index (χ0v) is 11.0. The second-order valence-electron chi connectivity index (χ2n) is 5.31. The molecule has 1 aromatic heterocycles. The summed E-state index contributed by atoms with van der Waals surface area (Å²) in [4.78, 5) is 9.25. The first kappa shape index (κ1) is 11.9. The number of aromatic nitrogens is 2. The molecular formula is C14H21N3O. The van der Waals surface area contributed by atoms with Crippen molar-refractivity contribution in [2.24, 2.45) is 5.92 Å². The molecule has 3 rings (SSSR count). The number of hydrogen-bond acceptors (Lipinski definition) is 4. The van der Waals surface area contributed by atoms with Gasteiger partial charge in [0.15, 0.2) is 5.82 Å². The van der Waals surface area contributed by atoms with Gasteiger partial charge in [-0.15, -0.1) is 0 Å². The summed E-state index contributed by atoms with van der Waals surface area (Å²) in [7, 11) is 0. The van der Waals surface area contributed by atoms with Gasteiger partial charge in [-0.2, -0.15) is 0 Å². The SMILES string of the molecule is CCOC(c1nc(N)c2c(n1)CCCC2)C1CC1. The minimum atomic E-state index is 0.0597. The average molecular weight is 247 g/mol. The van der Waals surface area contributed by atoms with E-state index in [4.69, 9.17) is 15.5 Å². The fraction of sp³-hybridized carbons (Fsp3) is 0.714. The summed E-state index contributed by atoms with van der Waals surface area (Å²) in [6, 6.07) is 0. The first-order valence-corrected chi connectivity index (χ1v) is 7.06. The lowest BCUT2D eigenvalue weighted by molar-refractivity contribution is 0.0399. The van der Waals surface area contributed by atoms with Crippen LogP contribution in [0.1, 0.15) is 55.8 Å². The number of nitrogen functional groups attached to an aromatic ring is 1. The van der Waals surface area contributed by atoms with Gasteiger partial charge in [-0.3, -0.25) is 0 Å². The molecule has 0 saturated heterocycles. The zero-order chi connectivity index (χ0) is 12.5. The third kappa shape index (κ3) is 2.21. The Hall–Kier alpha value is -1.16. The van der Waals surface area contributed by atoms with Gasteiger partial charge < -0.3 is 10.5 Å². The van der Waals surface area contributed by atoms with E-state index in [0.29, 0.717) is 18.3 Å². The van der Waals surface area contributed by atoms with E-state index in [1.54, 1.807) is 0 Å². The summed E-state index contributed by atoms with van der Waals surface area (Å²) in [5.41, 5.74) is 8.43. The Morgan fingerprint density at radius 1 is 1.28 bits per heavy atom. The van der Waals surface area contributed by atoms with Gasteiger partial charge in [-0.1, -0.05) is 0 Å². The molecule has 0 spiro atoms. The number of nitrogens with zero attached hydrogens (tertiary/aromatic N) is 2. The quantitative estimate of drug-likeness (QED) is 0.887. The summed E-state index contributed by atoms with van der Waals surface area (Å²) >= 11 is 0. The van der Waals surface area contributed by atoms with Gasteiger partial charge in [0.05, 0.1) is 0 Å². The molecule has 0 amide bonds. The third-order valence-electron chi connectivity index (χ3n) is 3.88. The number of nitrogens with two attached hydrogens (primary N) is 1. The number of rotatable bonds is 4. The highest BCUT2D eigenvalue weighted by molar-refractivity contribution is 5.43. The lowest BCUT2D eigenvalue weighted by atomic mass is 9.96. The molecule has 0 bridgehead atoms. The van der Waals surface area contributed by atoms with Crippen LogP contribution in [0.25, 0.3) is 0 Å². The maximum atomic E-state index is 6.09. The molecule has 1 heterocycles. The topological polar surface area (TPSA) is 61.0 Å². The van der Waals surface area contributed by atoms with Crippen LogP contribution in [0, 0.1) is 5.92 Å². The molecule has 0 aromatic carbocycles. The first-order chi connectivity index (χ1) is 8.79. The minimum absolute atomic E-state index is 0.0597. The van der Waals surface area contributed by atoms with Crippen molar-refractivity contribution in [3.05, 3.63) is 17.1 Å². The van der Waals surface area contributed by atoms with Crippen LogP contribution in [0.2, 0.25) is 0 Å². The van der Waals surface area contributed by atoms with E-state index in [1.807, 2.05) is 6.92 Å². The molecule has 2 aliphatic carbocycles. The van der Waals surface area contributed by atoms with Crippen LogP contribution in [0.15, 0.2) is 0 Å². The van der Waals surface area contributed by atoms with Crippen LogP contribution in [0.3, 0.4) is 0 Å². The van der Waals surface area contributed by atoms with Gasteiger partial charge in [0.25, 0.3) is 0 Å². The van der Waals surface area contributed by atoms with Crippen LogP contribution in [-0.2, 0) is 17.6 Å². The Morgan fingerprint density at radius 2 is 2.06 bits per heavy atom. The Bertz CT molecular complexity index is 443. The maximum Gasteiger partial charge on any atom is 0.160 e. The molecule has 1 fully saturated rings. The van der Waals surface area contributed by atoms with Crippen molar-refractivity contribution in [2.75, 3.05) is 12.3 Å². The molecule has 4 heteroatoms. The van der Waals surface area contributed by atoms with Crippen LogP contribution < -0.4 is 5.73 Å². The number of aryl methyl sites for hydroxylation is 1. The van der Waals surface area contributed by atoms with Gasteiger partial charge >= 0.3 is 0 Å². The molecule has 0 radical (unpaired) electrons. The lowest BCUT2D eigenvalue weighted by Gasteiger charge is -2.21. The lowest BCUT2D eigenvalue weighted by Crippen LogP contribution is -2.17. The molecule has 1 atom stereocenters. The van der Waals surface area contributed by atoms with Gasteiger partial charge in [0, 0.05) is 17.9 Å². The Kier molecular flexibility index (Phi) is 3.20. The monoisotopic (exact) mass is 247 g/mol. The van der Waals surface area contributed by atoms with Gasteiger partial charge in [-0.05, 0) is 51.4 Å². The van der Waals surface area contributed by atoms with E-state index in [-0.39, 0.29) is 6.10 Å². The minimum Gasteiger partial charge on any atom is -0.383 e. The van der Waals surface area contributed by atoms with Gasteiger partial charge in [0.2, 0.25) is 0 Å². The summed E-state index contributed by atoms with van der Waals surface area (Å²) in [6.45, 7) is 2.73. The highest BCUT2D eigenvalue weighted by atomic mass is 16.5. The predicted molar refractivity (Wildman–Crippen MR) is 70.2 cm³/mol. The summed E-state index contributed by atoms with van der Waals surface area (Å²) in [5.74, 6) is 2.10. The number of hydrogen-bond donors (Lipinski definition) is 1. The maximum absolute atomic E-state index is 6.09.